The molecule has 5 nitrogen and oxygen atoms in total. The molecule has 2 N–H and O–H groups in total. The maximum absolute atomic E-state index is 11.9. The lowest BCUT2D eigenvalue weighted by molar-refractivity contribution is 0.252. The Kier molecular flexibility index (Phi) is 7.20. The Bertz CT molecular complexity index is 720. The van der Waals surface area contributed by atoms with Gasteiger partial charge in [0.2, 0.25) is 0 Å². The van der Waals surface area contributed by atoms with Crippen LogP contribution < -0.4 is 20.1 Å². The fourth-order valence-corrected chi connectivity index (χ4v) is 2.20. The van der Waals surface area contributed by atoms with E-state index in [1.54, 1.807) is 6.07 Å². The molecule has 0 saturated carbocycles. The minimum Gasteiger partial charge on any atom is -0.494 e. The Morgan fingerprint density at radius 1 is 1.12 bits per heavy atom. The molecule has 0 aliphatic heterocycles. The minimum atomic E-state index is -0.248. The van der Waals surface area contributed by atoms with Gasteiger partial charge in [0.05, 0.1) is 6.61 Å². The van der Waals surface area contributed by atoms with Crippen molar-refractivity contribution < 1.29 is 14.3 Å². The SMILES string of the molecule is C#CCOc1ccc(CCNC(=O)Nc2cccc(OCC)c2)cc1. The number of anilines is 1. The number of ether oxygens (including phenoxy) is 2. The Morgan fingerprint density at radius 3 is 2.64 bits per heavy atom. The normalized spacial score (nSPS) is 9.76. The van der Waals surface area contributed by atoms with E-state index in [0.717, 1.165) is 23.5 Å². The van der Waals surface area contributed by atoms with Gasteiger partial charge < -0.3 is 20.1 Å². The number of hydrogen-bond donors (Lipinski definition) is 2. The van der Waals surface area contributed by atoms with Crippen LogP contribution in [0.3, 0.4) is 0 Å². The van der Waals surface area contributed by atoms with Gasteiger partial charge in [0.1, 0.15) is 18.1 Å². The molecule has 0 spiro atoms. The van der Waals surface area contributed by atoms with Crippen molar-refractivity contribution in [2.45, 2.75) is 13.3 Å². The van der Waals surface area contributed by atoms with Crippen molar-refractivity contribution in [2.24, 2.45) is 0 Å². The predicted octanol–water partition coefficient (Wildman–Crippen LogP) is 3.46. The van der Waals surface area contributed by atoms with Crippen LogP contribution in [0, 0.1) is 12.3 Å². The molecule has 0 aromatic heterocycles. The molecule has 2 aromatic carbocycles. The Balaban J connectivity index is 1.75. The second-order valence-corrected chi connectivity index (χ2v) is 5.23. The van der Waals surface area contributed by atoms with E-state index in [4.69, 9.17) is 15.9 Å². The van der Waals surface area contributed by atoms with Crippen molar-refractivity contribution in [1.29, 1.82) is 0 Å². The summed E-state index contributed by atoms with van der Waals surface area (Å²) in [5.74, 6) is 3.89. The number of hydrogen-bond acceptors (Lipinski definition) is 3. The molecule has 2 rings (SSSR count). The fraction of sp³-hybridized carbons (Fsp3) is 0.250. The average molecular weight is 338 g/mol. The van der Waals surface area contributed by atoms with Gasteiger partial charge in [-0.1, -0.05) is 24.1 Å². The quantitative estimate of drug-likeness (QED) is 0.725. The van der Waals surface area contributed by atoms with Gasteiger partial charge in [-0.15, -0.1) is 6.42 Å². The van der Waals surface area contributed by atoms with Gasteiger partial charge in [0, 0.05) is 18.3 Å². The first kappa shape index (κ1) is 18.2. The molecule has 0 unspecified atom stereocenters. The zero-order chi connectivity index (χ0) is 17.9. The first-order chi connectivity index (χ1) is 12.2. The lowest BCUT2D eigenvalue weighted by Crippen LogP contribution is -2.30. The molecule has 2 amide bonds. The first-order valence-electron chi connectivity index (χ1n) is 8.14. The molecular weight excluding hydrogens is 316 g/mol. The van der Waals surface area contributed by atoms with E-state index in [1.807, 2.05) is 49.4 Å². The van der Waals surface area contributed by atoms with E-state index < -0.39 is 0 Å². The third kappa shape index (κ3) is 6.48. The molecule has 0 saturated heterocycles. The summed E-state index contributed by atoms with van der Waals surface area (Å²) in [5.41, 5.74) is 1.80. The van der Waals surface area contributed by atoms with E-state index in [0.29, 0.717) is 18.8 Å². The molecular formula is C20H22N2O3. The van der Waals surface area contributed by atoms with E-state index in [-0.39, 0.29) is 12.6 Å². The average Bonchev–Trinajstić information content (AvgIpc) is 2.61. The van der Waals surface area contributed by atoms with Crippen molar-refractivity contribution in [3.05, 3.63) is 54.1 Å². The number of carbonyl (C=O) groups is 1. The van der Waals surface area contributed by atoms with Gasteiger partial charge >= 0.3 is 6.03 Å². The molecule has 0 atom stereocenters. The summed E-state index contributed by atoms with van der Waals surface area (Å²) in [6, 6.07) is 14.7. The Labute approximate surface area is 148 Å². The van der Waals surface area contributed by atoms with Crippen LogP contribution in [-0.2, 0) is 6.42 Å². The van der Waals surface area contributed by atoms with Crippen molar-refractivity contribution in [3.63, 3.8) is 0 Å². The van der Waals surface area contributed by atoms with Crippen LogP contribution in [0.4, 0.5) is 10.5 Å². The Morgan fingerprint density at radius 2 is 1.92 bits per heavy atom. The molecule has 0 aliphatic carbocycles. The van der Waals surface area contributed by atoms with Crippen LogP contribution in [0.1, 0.15) is 12.5 Å². The topological polar surface area (TPSA) is 59.6 Å². The lowest BCUT2D eigenvalue weighted by Gasteiger charge is -2.09. The van der Waals surface area contributed by atoms with Crippen LogP contribution in [0.2, 0.25) is 0 Å². The van der Waals surface area contributed by atoms with E-state index >= 15 is 0 Å². The maximum Gasteiger partial charge on any atom is 0.319 e. The van der Waals surface area contributed by atoms with Crippen LogP contribution >= 0.6 is 0 Å². The summed E-state index contributed by atoms with van der Waals surface area (Å²) in [7, 11) is 0. The molecule has 2 aromatic rings. The van der Waals surface area contributed by atoms with Gasteiger partial charge in [-0.3, -0.25) is 0 Å². The molecule has 25 heavy (non-hydrogen) atoms. The third-order valence-electron chi connectivity index (χ3n) is 3.35. The molecule has 0 bridgehead atoms. The molecule has 0 radical (unpaired) electrons. The second-order valence-electron chi connectivity index (χ2n) is 5.23. The zero-order valence-corrected chi connectivity index (χ0v) is 14.2. The molecule has 0 fully saturated rings. The number of amides is 2. The van der Waals surface area contributed by atoms with Crippen molar-refractivity contribution in [1.82, 2.24) is 5.32 Å². The number of nitrogens with one attached hydrogen (secondary N) is 2. The summed E-state index contributed by atoms with van der Waals surface area (Å²) in [6.07, 6.45) is 5.87. The van der Waals surface area contributed by atoms with Gasteiger partial charge in [-0.25, -0.2) is 4.79 Å². The Hall–Kier alpha value is -3.13. The molecule has 0 aliphatic rings. The second kappa shape index (κ2) is 9.89. The van der Waals surface area contributed by atoms with Crippen LogP contribution in [0.15, 0.2) is 48.5 Å². The van der Waals surface area contributed by atoms with Gasteiger partial charge in [-0.05, 0) is 43.2 Å². The highest BCUT2D eigenvalue weighted by Gasteiger charge is 2.03. The highest BCUT2D eigenvalue weighted by atomic mass is 16.5. The maximum atomic E-state index is 11.9. The van der Waals surface area contributed by atoms with E-state index in [1.165, 1.54) is 0 Å². The van der Waals surface area contributed by atoms with Gasteiger partial charge in [0.15, 0.2) is 0 Å². The largest absolute Gasteiger partial charge is 0.494 e. The van der Waals surface area contributed by atoms with Crippen molar-refractivity contribution >= 4 is 11.7 Å². The van der Waals surface area contributed by atoms with Crippen molar-refractivity contribution in [3.8, 4) is 23.8 Å². The number of carbonyl (C=O) groups excluding carboxylic acids is 1. The minimum absolute atomic E-state index is 0.248. The van der Waals surface area contributed by atoms with Crippen LogP contribution in [0.25, 0.3) is 0 Å². The summed E-state index contributed by atoms with van der Waals surface area (Å²) < 4.78 is 10.7. The van der Waals surface area contributed by atoms with Gasteiger partial charge in [-0.2, -0.15) is 0 Å². The number of rotatable bonds is 8. The fourth-order valence-electron chi connectivity index (χ4n) is 2.20. The van der Waals surface area contributed by atoms with Crippen LogP contribution in [0.5, 0.6) is 11.5 Å². The molecule has 0 heterocycles. The predicted molar refractivity (Wildman–Crippen MR) is 99.1 cm³/mol. The zero-order valence-electron chi connectivity index (χ0n) is 14.2. The monoisotopic (exact) mass is 338 g/mol. The molecule has 130 valence electrons. The summed E-state index contributed by atoms with van der Waals surface area (Å²) >= 11 is 0. The van der Waals surface area contributed by atoms with Crippen LogP contribution in [-0.4, -0.2) is 25.8 Å². The van der Waals surface area contributed by atoms with Gasteiger partial charge in [0.25, 0.3) is 0 Å². The highest BCUT2D eigenvalue weighted by molar-refractivity contribution is 5.89. The lowest BCUT2D eigenvalue weighted by atomic mass is 10.1. The summed E-state index contributed by atoms with van der Waals surface area (Å²) in [5, 5.41) is 5.62. The number of urea groups is 1. The van der Waals surface area contributed by atoms with E-state index in [2.05, 4.69) is 16.6 Å². The highest BCUT2D eigenvalue weighted by Crippen LogP contribution is 2.17. The van der Waals surface area contributed by atoms with E-state index in [9.17, 15) is 4.79 Å². The third-order valence-corrected chi connectivity index (χ3v) is 3.35. The summed E-state index contributed by atoms with van der Waals surface area (Å²) in [4.78, 5) is 11.9. The van der Waals surface area contributed by atoms with Crippen molar-refractivity contribution in [2.75, 3.05) is 25.1 Å². The standard InChI is InChI=1S/C20H22N2O3/c1-3-14-25-18-10-8-16(9-11-18)12-13-21-20(23)22-17-6-5-7-19(15-17)24-4-2/h1,5-11,15H,4,12-14H2,2H3,(H2,21,22,23). The first-order valence-corrected chi connectivity index (χ1v) is 8.14. The molecule has 5 heteroatoms. The smallest absolute Gasteiger partial charge is 0.319 e. The summed E-state index contributed by atoms with van der Waals surface area (Å²) in [6.45, 7) is 3.29. The number of benzene rings is 2. The number of terminal acetylenes is 1.